The Morgan fingerprint density at radius 3 is 2.86 bits per heavy atom. The van der Waals surface area contributed by atoms with Gasteiger partial charge in [-0.1, -0.05) is 25.1 Å². The van der Waals surface area contributed by atoms with Crippen molar-refractivity contribution < 1.29 is 4.79 Å². The molecule has 0 aliphatic carbocycles. The topological polar surface area (TPSA) is 58.1 Å². The zero-order chi connectivity index (χ0) is 15.4. The van der Waals surface area contributed by atoms with Gasteiger partial charge < -0.3 is 10.2 Å². The first-order valence-electron chi connectivity index (χ1n) is 7.67. The molecule has 0 spiro atoms. The number of hydrogen-bond acceptors (Lipinski definition) is 4. The van der Waals surface area contributed by atoms with E-state index >= 15 is 0 Å². The lowest BCUT2D eigenvalue weighted by atomic mass is 10.0. The Labute approximate surface area is 130 Å². The number of hydrogen-bond donors (Lipinski definition) is 1. The molecule has 1 fully saturated rings. The van der Waals surface area contributed by atoms with Crippen molar-refractivity contribution in [1.82, 2.24) is 9.97 Å². The number of piperidine rings is 1. The van der Waals surface area contributed by atoms with Gasteiger partial charge in [-0.3, -0.25) is 4.79 Å². The Morgan fingerprint density at radius 2 is 2.09 bits per heavy atom. The van der Waals surface area contributed by atoms with Gasteiger partial charge in [0.2, 0.25) is 5.95 Å². The summed E-state index contributed by atoms with van der Waals surface area (Å²) < 4.78 is 0. The van der Waals surface area contributed by atoms with Crippen molar-refractivity contribution in [1.29, 1.82) is 0 Å². The quantitative estimate of drug-likeness (QED) is 0.946. The summed E-state index contributed by atoms with van der Waals surface area (Å²) in [4.78, 5) is 23.2. The number of amides is 1. The smallest absolute Gasteiger partial charge is 0.274 e. The van der Waals surface area contributed by atoms with E-state index in [0.29, 0.717) is 17.6 Å². The van der Waals surface area contributed by atoms with Crippen LogP contribution >= 0.6 is 0 Å². The lowest BCUT2D eigenvalue weighted by Gasteiger charge is -2.30. The monoisotopic (exact) mass is 296 g/mol. The van der Waals surface area contributed by atoms with E-state index in [4.69, 9.17) is 0 Å². The highest BCUT2D eigenvalue weighted by Crippen LogP contribution is 2.19. The number of benzene rings is 1. The second kappa shape index (κ2) is 6.56. The lowest BCUT2D eigenvalue weighted by molar-refractivity contribution is 0.102. The van der Waals surface area contributed by atoms with Gasteiger partial charge in [0.05, 0.1) is 0 Å². The summed E-state index contributed by atoms with van der Waals surface area (Å²) in [6, 6.07) is 11.0. The van der Waals surface area contributed by atoms with Gasteiger partial charge in [-0.05, 0) is 37.0 Å². The number of para-hydroxylation sites is 1. The van der Waals surface area contributed by atoms with Gasteiger partial charge in [-0.15, -0.1) is 0 Å². The maximum Gasteiger partial charge on any atom is 0.274 e. The van der Waals surface area contributed by atoms with Crippen molar-refractivity contribution in [2.24, 2.45) is 5.92 Å². The Kier molecular flexibility index (Phi) is 4.32. The van der Waals surface area contributed by atoms with E-state index in [2.05, 4.69) is 27.1 Å². The molecule has 0 radical (unpaired) electrons. The van der Waals surface area contributed by atoms with Crippen LogP contribution in [0.2, 0.25) is 0 Å². The first-order chi connectivity index (χ1) is 10.7. The third-order valence-corrected chi connectivity index (χ3v) is 3.85. The molecule has 5 nitrogen and oxygen atoms in total. The summed E-state index contributed by atoms with van der Waals surface area (Å²) in [5, 5.41) is 2.85. The number of aromatic nitrogens is 2. The number of anilines is 2. The van der Waals surface area contributed by atoms with Gasteiger partial charge in [-0.25, -0.2) is 9.97 Å². The fraction of sp³-hybridized carbons (Fsp3) is 0.353. The van der Waals surface area contributed by atoms with Gasteiger partial charge in [0, 0.05) is 25.0 Å². The number of nitrogens with zero attached hydrogens (tertiary/aromatic N) is 3. The number of carbonyl (C=O) groups excluding carboxylic acids is 1. The predicted octanol–water partition coefficient (Wildman–Crippen LogP) is 2.97. The average Bonchev–Trinajstić information content (AvgIpc) is 2.56. The van der Waals surface area contributed by atoms with Crippen LogP contribution in [-0.2, 0) is 0 Å². The van der Waals surface area contributed by atoms with E-state index in [0.717, 1.165) is 25.2 Å². The average molecular weight is 296 g/mol. The Bertz CT molecular complexity index is 644. The van der Waals surface area contributed by atoms with Crippen LogP contribution in [0.3, 0.4) is 0 Å². The minimum absolute atomic E-state index is 0.208. The minimum Gasteiger partial charge on any atom is -0.341 e. The fourth-order valence-corrected chi connectivity index (χ4v) is 2.71. The number of nitrogens with one attached hydrogen (secondary N) is 1. The van der Waals surface area contributed by atoms with E-state index in [1.54, 1.807) is 12.3 Å². The molecule has 2 heterocycles. The summed E-state index contributed by atoms with van der Waals surface area (Å²) in [5.41, 5.74) is 1.16. The van der Waals surface area contributed by atoms with E-state index < -0.39 is 0 Å². The summed E-state index contributed by atoms with van der Waals surface area (Å²) in [6.07, 6.45) is 4.04. The molecule has 3 rings (SSSR count). The molecule has 1 aromatic heterocycles. The van der Waals surface area contributed by atoms with Crippen LogP contribution in [0.25, 0.3) is 0 Å². The van der Waals surface area contributed by atoms with Crippen LogP contribution in [0.15, 0.2) is 42.6 Å². The highest BCUT2D eigenvalue weighted by molar-refractivity contribution is 6.02. The van der Waals surface area contributed by atoms with Crippen molar-refractivity contribution in [2.75, 3.05) is 23.3 Å². The minimum atomic E-state index is -0.208. The Hall–Kier alpha value is -2.43. The van der Waals surface area contributed by atoms with Gasteiger partial charge in [0.25, 0.3) is 5.91 Å². The lowest BCUT2D eigenvalue weighted by Crippen LogP contribution is -2.35. The number of carbonyl (C=O) groups is 1. The zero-order valence-corrected chi connectivity index (χ0v) is 12.7. The Morgan fingerprint density at radius 1 is 1.27 bits per heavy atom. The SMILES string of the molecule is CC1CCCN(c2nccc(C(=O)Nc3ccccc3)n2)C1. The molecule has 1 saturated heterocycles. The van der Waals surface area contributed by atoms with Crippen molar-refractivity contribution in [3.05, 3.63) is 48.3 Å². The molecule has 1 unspecified atom stereocenters. The molecule has 2 aromatic rings. The third-order valence-electron chi connectivity index (χ3n) is 3.85. The van der Waals surface area contributed by atoms with E-state index in [1.807, 2.05) is 30.3 Å². The normalized spacial score (nSPS) is 18.0. The van der Waals surface area contributed by atoms with Crippen LogP contribution in [0.4, 0.5) is 11.6 Å². The summed E-state index contributed by atoms with van der Waals surface area (Å²) in [5.74, 6) is 1.08. The molecular weight excluding hydrogens is 276 g/mol. The molecule has 1 aliphatic heterocycles. The molecular formula is C17H20N4O. The van der Waals surface area contributed by atoms with Gasteiger partial charge in [-0.2, -0.15) is 0 Å². The summed E-state index contributed by atoms with van der Waals surface area (Å²) >= 11 is 0. The van der Waals surface area contributed by atoms with Crippen molar-refractivity contribution in [3.8, 4) is 0 Å². The predicted molar refractivity (Wildman–Crippen MR) is 87.0 cm³/mol. The van der Waals surface area contributed by atoms with Crippen LogP contribution < -0.4 is 10.2 Å². The first kappa shape index (κ1) is 14.5. The second-order valence-electron chi connectivity index (χ2n) is 5.76. The molecule has 114 valence electrons. The van der Waals surface area contributed by atoms with Crippen molar-refractivity contribution in [3.63, 3.8) is 0 Å². The molecule has 5 heteroatoms. The third kappa shape index (κ3) is 3.42. The summed E-state index contributed by atoms with van der Waals surface area (Å²) in [6.45, 7) is 4.13. The highest BCUT2D eigenvalue weighted by Gasteiger charge is 2.19. The van der Waals surface area contributed by atoms with Crippen molar-refractivity contribution in [2.45, 2.75) is 19.8 Å². The maximum absolute atomic E-state index is 12.3. The molecule has 1 atom stereocenters. The van der Waals surface area contributed by atoms with E-state index in [9.17, 15) is 4.79 Å². The molecule has 1 amide bonds. The number of rotatable bonds is 3. The van der Waals surface area contributed by atoms with Crippen LogP contribution in [0, 0.1) is 5.92 Å². The zero-order valence-electron chi connectivity index (χ0n) is 12.7. The second-order valence-corrected chi connectivity index (χ2v) is 5.76. The van der Waals surface area contributed by atoms with Crippen molar-refractivity contribution >= 4 is 17.5 Å². The van der Waals surface area contributed by atoms with Crippen LogP contribution in [0.1, 0.15) is 30.3 Å². The standard InChI is InChI=1S/C17H20N4O/c1-13-6-5-11-21(12-13)17-18-10-9-15(20-17)16(22)19-14-7-3-2-4-8-14/h2-4,7-10,13H,5-6,11-12H2,1H3,(H,19,22). The van der Waals surface area contributed by atoms with E-state index in [1.165, 1.54) is 6.42 Å². The van der Waals surface area contributed by atoms with E-state index in [-0.39, 0.29) is 5.91 Å². The summed E-state index contributed by atoms with van der Waals surface area (Å²) in [7, 11) is 0. The van der Waals surface area contributed by atoms with Crippen LogP contribution in [-0.4, -0.2) is 29.0 Å². The first-order valence-corrected chi connectivity index (χ1v) is 7.67. The largest absolute Gasteiger partial charge is 0.341 e. The molecule has 0 saturated carbocycles. The molecule has 1 N–H and O–H groups in total. The van der Waals surface area contributed by atoms with Gasteiger partial charge in [0.15, 0.2) is 0 Å². The molecule has 1 aromatic carbocycles. The van der Waals surface area contributed by atoms with Gasteiger partial charge >= 0.3 is 0 Å². The Balaban J connectivity index is 1.74. The molecule has 0 bridgehead atoms. The maximum atomic E-state index is 12.3. The fourth-order valence-electron chi connectivity index (χ4n) is 2.71. The highest BCUT2D eigenvalue weighted by atomic mass is 16.1. The molecule has 22 heavy (non-hydrogen) atoms. The van der Waals surface area contributed by atoms with Gasteiger partial charge in [0.1, 0.15) is 5.69 Å². The van der Waals surface area contributed by atoms with Crippen LogP contribution in [0.5, 0.6) is 0 Å². The molecule has 1 aliphatic rings.